The van der Waals surface area contributed by atoms with E-state index in [4.69, 9.17) is 4.74 Å². The fraction of sp³-hybridized carbons (Fsp3) is 0.316. The molecule has 3 rings (SSSR count). The van der Waals surface area contributed by atoms with E-state index in [-0.39, 0.29) is 6.04 Å². The van der Waals surface area contributed by atoms with Crippen LogP contribution in [0.15, 0.2) is 48.0 Å². The molecule has 0 fully saturated rings. The highest BCUT2D eigenvalue weighted by Gasteiger charge is 2.14. The summed E-state index contributed by atoms with van der Waals surface area (Å²) in [6.07, 6.45) is 7.63. The minimum atomic E-state index is 0.169. The molecule has 136 valence electrons. The second-order valence-corrected chi connectivity index (χ2v) is 6.75. The zero-order valence-corrected chi connectivity index (χ0v) is 16.2. The lowest BCUT2D eigenvalue weighted by Crippen LogP contribution is -2.19. The van der Waals surface area contributed by atoms with E-state index in [1.807, 2.05) is 53.8 Å². The summed E-state index contributed by atoms with van der Waals surface area (Å²) in [6, 6.07) is 8.06. The molecular weight excluding hydrogens is 346 g/mol. The minimum absolute atomic E-state index is 0.169. The molecule has 0 saturated heterocycles. The highest BCUT2D eigenvalue weighted by atomic mass is 32.2. The largest absolute Gasteiger partial charge is 0.497 e. The highest BCUT2D eigenvalue weighted by Crippen LogP contribution is 2.22. The van der Waals surface area contributed by atoms with Crippen LogP contribution in [0.5, 0.6) is 5.75 Å². The zero-order valence-electron chi connectivity index (χ0n) is 15.4. The van der Waals surface area contributed by atoms with Gasteiger partial charge in [0, 0.05) is 41.8 Å². The van der Waals surface area contributed by atoms with E-state index in [9.17, 15) is 0 Å². The lowest BCUT2D eigenvalue weighted by Gasteiger charge is -2.14. The molecule has 0 unspecified atom stereocenters. The van der Waals surface area contributed by atoms with Gasteiger partial charge in [0.2, 0.25) is 0 Å². The van der Waals surface area contributed by atoms with E-state index in [0.717, 1.165) is 27.9 Å². The average molecular weight is 369 g/mol. The zero-order chi connectivity index (χ0) is 18.5. The van der Waals surface area contributed by atoms with Gasteiger partial charge in [-0.3, -0.25) is 0 Å². The van der Waals surface area contributed by atoms with Crippen LogP contribution in [0.1, 0.15) is 29.8 Å². The van der Waals surface area contributed by atoms with Gasteiger partial charge in [-0.1, -0.05) is 11.8 Å². The van der Waals surface area contributed by atoms with E-state index < -0.39 is 0 Å². The van der Waals surface area contributed by atoms with Crippen molar-refractivity contribution >= 4 is 11.8 Å². The number of methoxy groups -OCH3 is 1. The van der Waals surface area contributed by atoms with E-state index in [2.05, 4.69) is 34.2 Å². The standard InChI is InChI=1S/C19H23N5OS/c1-13(20-9-15-10-21-19(26-4)22-11-15)18-12-23-24(14(18)2)16-5-7-17(25-3)8-6-16/h5-8,10-13,20H,9H2,1-4H3/t13-/m1/s1. The van der Waals surface area contributed by atoms with Crippen LogP contribution in [0.4, 0.5) is 0 Å². The van der Waals surface area contributed by atoms with Crippen molar-refractivity contribution < 1.29 is 4.74 Å². The van der Waals surface area contributed by atoms with Crippen LogP contribution in [-0.4, -0.2) is 33.1 Å². The van der Waals surface area contributed by atoms with Crippen molar-refractivity contribution in [2.24, 2.45) is 0 Å². The number of benzene rings is 1. The maximum absolute atomic E-state index is 5.22. The Morgan fingerprint density at radius 1 is 1.15 bits per heavy atom. The number of rotatable bonds is 7. The Kier molecular flexibility index (Phi) is 5.90. The number of ether oxygens (including phenoxy) is 1. The number of nitrogens with zero attached hydrogens (tertiary/aromatic N) is 4. The predicted octanol–water partition coefficient (Wildman–Crippen LogP) is 3.55. The van der Waals surface area contributed by atoms with Crippen LogP contribution in [-0.2, 0) is 6.54 Å². The number of hydrogen-bond donors (Lipinski definition) is 1. The lowest BCUT2D eigenvalue weighted by molar-refractivity contribution is 0.414. The molecule has 0 aliphatic heterocycles. The summed E-state index contributed by atoms with van der Waals surface area (Å²) < 4.78 is 7.16. The minimum Gasteiger partial charge on any atom is -0.497 e. The summed E-state index contributed by atoms with van der Waals surface area (Å²) in [7, 11) is 1.67. The van der Waals surface area contributed by atoms with Gasteiger partial charge in [-0.2, -0.15) is 5.10 Å². The molecule has 1 atom stereocenters. The van der Waals surface area contributed by atoms with Crippen LogP contribution < -0.4 is 10.1 Å². The molecule has 7 heteroatoms. The quantitative estimate of drug-likeness (QED) is 0.507. The van der Waals surface area contributed by atoms with E-state index in [1.54, 1.807) is 18.9 Å². The van der Waals surface area contributed by atoms with Crippen molar-refractivity contribution in [3.63, 3.8) is 0 Å². The predicted molar refractivity (Wildman–Crippen MR) is 104 cm³/mol. The summed E-state index contributed by atoms with van der Waals surface area (Å²) >= 11 is 1.54. The molecule has 0 bridgehead atoms. The van der Waals surface area contributed by atoms with E-state index in [0.29, 0.717) is 6.54 Å². The number of hydrogen-bond acceptors (Lipinski definition) is 6. The molecule has 0 aliphatic rings. The first kappa shape index (κ1) is 18.4. The third-order valence-electron chi connectivity index (χ3n) is 4.31. The Hall–Kier alpha value is -2.38. The van der Waals surface area contributed by atoms with Crippen molar-refractivity contribution in [1.82, 2.24) is 25.1 Å². The van der Waals surface area contributed by atoms with Crippen LogP contribution in [0.25, 0.3) is 5.69 Å². The summed E-state index contributed by atoms with van der Waals surface area (Å²) in [6.45, 7) is 4.93. The normalized spacial score (nSPS) is 12.2. The van der Waals surface area contributed by atoms with Gasteiger partial charge in [0.15, 0.2) is 5.16 Å². The monoisotopic (exact) mass is 369 g/mol. The molecule has 0 aliphatic carbocycles. The maximum atomic E-state index is 5.22. The smallest absolute Gasteiger partial charge is 0.187 e. The van der Waals surface area contributed by atoms with Gasteiger partial charge >= 0.3 is 0 Å². The van der Waals surface area contributed by atoms with Crippen LogP contribution in [0.3, 0.4) is 0 Å². The van der Waals surface area contributed by atoms with E-state index in [1.165, 1.54) is 5.56 Å². The summed E-state index contributed by atoms with van der Waals surface area (Å²) in [5.41, 5.74) is 4.37. The van der Waals surface area contributed by atoms with Crippen LogP contribution in [0, 0.1) is 6.92 Å². The Labute approximate surface area is 158 Å². The van der Waals surface area contributed by atoms with Gasteiger partial charge in [0.25, 0.3) is 0 Å². The van der Waals surface area contributed by atoms with Crippen LogP contribution >= 0.6 is 11.8 Å². The second-order valence-electron chi connectivity index (χ2n) is 5.98. The molecule has 3 aromatic rings. The molecule has 26 heavy (non-hydrogen) atoms. The molecule has 0 saturated carbocycles. The first-order chi connectivity index (χ1) is 12.6. The Bertz CT molecular complexity index is 845. The van der Waals surface area contributed by atoms with Crippen molar-refractivity contribution in [2.75, 3.05) is 13.4 Å². The van der Waals surface area contributed by atoms with Gasteiger partial charge in [-0.25, -0.2) is 14.6 Å². The van der Waals surface area contributed by atoms with Crippen molar-refractivity contribution in [1.29, 1.82) is 0 Å². The molecule has 2 heterocycles. The van der Waals surface area contributed by atoms with Gasteiger partial charge in [-0.05, 0) is 44.4 Å². The summed E-state index contributed by atoms with van der Waals surface area (Å²) in [5, 5.41) is 8.86. The van der Waals surface area contributed by atoms with Gasteiger partial charge < -0.3 is 10.1 Å². The van der Waals surface area contributed by atoms with Gasteiger partial charge in [0.1, 0.15) is 5.75 Å². The van der Waals surface area contributed by atoms with Gasteiger partial charge in [-0.15, -0.1) is 0 Å². The van der Waals surface area contributed by atoms with Crippen molar-refractivity contribution in [2.45, 2.75) is 31.6 Å². The molecule has 6 nitrogen and oxygen atoms in total. The fourth-order valence-corrected chi connectivity index (χ4v) is 3.07. The van der Waals surface area contributed by atoms with Gasteiger partial charge in [0.05, 0.1) is 19.0 Å². The number of nitrogens with one attached hydrogen (secondary N) is 1. The second kappa shape index (κ2) is 8.33. The lowest BCUT2D eigenvalue weighted by atomic mass is 10.1. The summed E-state index contributed by atoms with van der Waals surface area (Å²) in [5.74, 6) is 0.837. The Morgan fingerprint density at radius 3 is 2.46 bits per heavy atom. The first-order valence-corrected chi connectivity index (χ1v) is 9.62. The third-order valence-corrected chi connectivity index (χ3v) is 4.88. The average Bonchev–Trinajstić information content (AvgIpc) is 3.08. The highest BCUT2D eigenvalue weighted by molar-refractivity contribution is 7.98. The topological polar surface area (TPSA) is 64.9 Å². The maximum Gasteiger partial charge on any atom is 0.187 e. The Morgan fingerprint density at radius 2 is 1.85 bits per heavy atom. The fourth-order valence-electron chi connectivity index (χ4n) is 2.75. The first-order valence-electron chi connectivity index (χ1n) is 8.39. The number of thioether (sulfide) groups is 1. The van der Waals surface area contributed by atoms with Crippen molar-refractivity contribution in [3.05, 3.63) is 59.7 Å². The molecule has 0 amide bonds. The summed E-state index contributed by atoms with van der Waals surface area (Å²) in [4.78, 5) is 8.62. The Balaban J connectivity index is 1.69. The molecule has 0 radical (unpaired) electrons. The third kappa shape index (κ3) is 4.05. The number of aromatic nitrogens is 4. The van der Waals surface area contributed by atoms with E-state index >= 15 is 0 Å². The SMILES string of the molecule is COc1ccc(-n2ncc([C@@H](C)NCc3cnc(SC)nc3)c2C)cc1. The molecule has 1 N–H and O–H groups in total. The molecule has 1 aromatic carbocycles. The molecule has 2 aromatic heterocycles. The molecular formula is C19H23N5OS. The van der Waals surface area contributed by atoms with Crippen LogP contribution in [0.2, 0.25) is 0 Å². The van der Waals surface area contributed by atoms with Crippen molar-refractivity contribution in [3.8, 4) is 11.4 Å². The molecule has 0 spiro atoms.